The molecule has 0 fully saturated rings. The van der Waals surface area contributed by atoms with Crippen LogP contribution in [0, 0.1) is 0 Å². The molecule has 2 amide bonds. The summed E-state index contributed by atoms with van der Waals surface area (Å²) in [5.41, 5.74) is 1.85. The van der Waals surface area contributed by atoms with Gasteiger partial charge in [-0.25, -0.2) is 9.78 Å². The first kappa shape index (κ1) is 17.1. The molecule has 1 unspecified atom stereocenters. The molecule has 1 aliphatic heterocycles. The minimum atomic E-state index is -0.221. The number of para-hydroxylation sites is 1. The predicted octanol–water partition coefficient (Wildman–Crippen LogP) is 3.19. The van der Waals surface area contributed by atoms with Gasteiger partial charge >= 0.3 is 6.03 Å². The smallest absolute Gasteiger partial charge is 0.315 e. The molecule has 132 valence electrons. The fourth-order valence-electron chi connectivity index (χ4n) is 2.76. The van der Waals surface area contributed by atoms with E-state index in [1.165, 1.54) is 0 Å². The van der Waals surface area contributed by atoms with Crippen molar-refractivity contribution >= 4 is 6.03 Å². The minimum Gasteiger partial charge on any atom is -0.493 e. The largest absolute Gasteiger partial charge is 0.493 e. The summed E-state index contributed by atoms with van der Waals surface area (Å²) < 4.78 is 11.3. The van der Waals surface area contributed by atoms with E-state index in [4.69, 9.17) is 9.47 Å². The van der Waals surface area contributed by atoms with Gasteiger partial charge in [0.05, 0.1) is 18.8 Å². The number of fused-ring (bicyclic) bond motifs is 1. The van der Waals surface area contributed by atoms with Crippen molar-refractivity contribution in [2.45, 2.75) is 39.0 Å². The van der Waals surface area contributed by atoms with E-state index in [-0.39, 0.29) is 18.2 Å². The number of hydrogen-bond acceptors (Lipinski definition) is 4. The van der Waals surface area contributed by atoms with E-state index in [1.807, 2.05) is 50.2 Å². The molecule has 1 atom stereocenters. The number of carbonyl (C=O) groups is 1. The van der Waals surface area contributed by atoms with Gasteiger partial charge in [0.1, 0.15) is 5.75 Å². The Kier molecular flexibility index (Phi) is 5.38. The van der Waals surface area contributed by atoms with Crippen LogP contribution in [-0.2, 0) is 6.54 Å². The van der Waals surface area contributed by atoms with E-state index in [1.54, 1.807) is 6.20 Å². The number of ether oxygens (including phenoxy) is 2. The summed E-state index contributed by atoms with van der Waals surface area (Å²) >= 11 is 0. The second kappa shape index (κ2) is 7.88. The second-order valence-electron chi connectivity index (χ2n) is 6.19. The molecular formula is C19H23N3O3. The summed E-state index contributed by atoms with van der Waals surface area (Å²) in [6.45, 7) is 4.84. The average Bonchev–Trinajstić information content (AvgIpc) is 2.61. The van der Waals surface area contributed by atoms with Gasteiger partial charge < -0.3 is 20.1 Å². The molecule has 0 saturated carbocycles. The van der Waals surface area contributed by atoms with Gasteiger partial charge in [-0.15, -0.1) is 0 Å². The van der Waals surface area contributed by atoms with Crippen molar-refractivity contribution in [3.05, 3.63) is 53.7 Å². The van der Waals surface area contributed by atoms with Crippen molar-refractivity contribution in [3.8, 4) is 11.6 Å². The fourth-order valence-corrected chi connectivity index (χ4v) is 2.76. The van der Waals surface area contributed by atoms with Crippen LogP contribution in [0.3, 0.4) is 0 Å². The van der Waals surface area contributed by atoms with Crippen molar-refractivity contribution in [2.24, 2.45) is 0 Å². The SMILES string of the molecule is CC(C)Oc1ncccc1CNC(=O)NC1CCOc2ccccc21. The minimum absolute atomic E-state index is 0.0289. The van der Waals surface area contributed by atoms with Crippen molar-refractivity contribution in [1.82, 2.24) is 15.6 Å². The zero-order valence-electron chi connectivity index (χ0n) is 14.5. The van der Waals surface area contributed by atoms with Gasteiger partial charge in [-0.3, -0.25) is 0 Å². The Balaban J connectivity index is 1.60. The van der Waals surface area contributed by atoms with Gasteiger partial charge in [0.15, 0.2) is 0 Å². The number of nitrogens with zero attached hydrogens (tertiary/aromatic N) is 1. The third-order valence-corrected chi connectivity index (χ3v) is 3.90. The van der Waals surface area contributed by atoms with Gasteiger partial charge in [0.25, 0.3) is 0 Å². The summed E-state index contributed by atoms with van der Waals surface area (Å²) in [6.07, 6.45) is 2.46. The molecular weight excluding hydrogens is 318 g/mol. The first-order valence-corrected chi connectivity index (χ1v) is 8.50. The first-order valence-electron chi connectivity index (χ1n) is 8.50. The molecule has 2 N–H and O–H groups in total. The van der Waals surface area contributed by atoms with Crippen LogP contribution in [0.25, 0.3) is 0 Å². The number of rotatable bonds is 5. The third kappa shape index (κ3) is 4.41. The predicted molar refractivity (Wildman–Crippen MR) is 94.7 cm³/mol. The molecule has 0 spiro atoms. The number of benzene rings is 1. The Morgan fingerprint density at radius 2 is 2.16 bits per heavy atom. The van der Waals surface area contributed by atoms with Gasteiger partial charge in [-0.05, 0) is 26.0 Å². The van der Waals surface area contributed by atoms with Crippen molar-refractivity contribution in [3.63, 3.8) is 0 Å². The van der Waals surface area contributed by atoms with Gasteiger partial charge in [0, 0.05) is 30.3 Å². The summed E-state index contributed by atoms with van der Waals surface area (Å²) in [7, 11) is 0. The van der Waals surface area contributed by atoms with Crippen LogP contribution in [0.15, 0.2) is 42.6 Å². The molecule has 6 heteroatoms. The molecule has 1 aromatic carbocycles. The van der Waals surface area contributed by atoms with Gasteiger partial charge in [0.2, 0.25) is 5.88 Å². The van der Waals surface area contributed by atoms with E-state index in [2.05, 4.69) is 15.6 Å². The van der Waals surface area contributed by atoms with Crippen molar-refractivity contribution in [2.75, 3.05) is 6.61 Å². The summed E-state index contributed by atoms with van der Waals surface area (Å²) in [6, 6.07) is 11.2. The molecule has 1 aliphatic rings. The lowest BCUT2D eigenvalue weighted by Crippen LogP contribution is -2.39. The quantitative estimate of drug-likeness (QED) is 0.876. The summed E-state index contributed by atoms with van der Waals surface area (Å²) in [5, 5.41) is 5.89. The number of aromatic nitrogens is 1. The lowest BCUT2D eigenvalue weighted by atomic mass is 10.0. The number of hydrogen-bond donors (Lipinski definition) is 2. The summed E-state index contributed by atoms with van der Waals surface area (Å²) in [5.74, 6) is 1.38. The monoisotopic (exact) mass is 341 g/mol. The summed E-state index contributed by atoms with van der Waals surface area (Å²) in [4.78, 5) is 16.5. The van der Waals surface area contributed by atoms with Gasteiger partial charge in [-0.2, -0.15) is 0 Å². The van der Waals surface area contributed by atoms with Crippen LogP contribution in [0.1, 0.15) is 37.4 Å². The third-order valence-electron chi connectivity index (χ3n) is 3.90. The van der Waals surface area contributed by atoms with Crippen LogP contribution in [0.2, 0.25) is 0 Å². The molecule has 0 saturated heterocycles. The van der Waals surface area contributed by atoms with Crippen LogP contribution >= 0.6 is 0 Å². The second-order valence-corrected chi connectivity index (χ2v) is 6.19. The lowest BCUT2D eigenvalue weighted by molar-refractivity contribution is 0.221. The topological polar surface area (TPSA) is 72.5 Å². The first-order chi connectivity index (χ1) is 12.1. The van der Waals surface area contributed by atoms with Crippen LogP contribution in [0.5, 0.6) is 11.6 Å². The van der Waals surface area contributed by atoms with Crippen LogP contribution in [-0.4, -0.2) is 23.7 Å². The highest BCUT2D eigenvalue weighted by Crippen LogP contribution is 2.31. The maximum absolute atomic E-state index is 12.3. The molecule has 0 bridgehead atoms. The number of nitrogens with one attached hydrogen (secondary N) is 2. The fraction of sp³-hybridized carbons (Fsp3) is 0.368. The van der Waals surface area contributed by atoms with E-state index in [0.717, 1.165) is 23.3 Å². The Hall–Kier alpha value is -2.76. The van der Waals surface area contributed by atoms with Crippen molar-refractivity contribution < 1.29 is 14.3 Å². The number of pyridine rings is 1. The Morgan fingerprint density at radius 1 is 1.32 bits per heavy atom. The molecule has 2 aromatic rings. The Morgan fingerprint density at radius 3 is 3.00 bits per heavy atom. The average molecular weight is 341 g/mol. The Bertz CT molecular complexity index is 733. The van der Waals surface area contributed by atoms with Crippen LogP contribution < -0.4 is 20.1 Å². The molecule has 1 aromatic heterocycles. The number of carbonyl (C=O) groups excluding carboxylic acids is 1. The molecule has 2 heterocycles. The maximum atomic E-state index is 12.3. The zero-order valence-corrected chi connectivity index (χ0v) is 14.5. The number of amides is 2. The highest BCUT2D eigenvalue weighted by molar-refractivity contribution is 5.74. The van der Waals surface area contributed by atoms with E-state index in [0.29, 0.717) is 19.0 Å². The zero-order chi connectivity index (χ0) is 17.6. The van der Waals surface area contributed by atoms with E-state index < -0.39 is 0 Å². The molecule has 0 aliphatic carbocycles. The maximum Gasteiger partial charge on any atom is 0.315 e. The molecule has 3 rings (SSSR count). The molecule has 25 heavy (non-hydrogen) atoms. The normalized spacial score (nSPS) is 15.9. The standard InChI is InChI=1S/C19H23N3O3/c1-13(2)25-18-14(6-5-10-20-18)12-21-19(23)22-16-9-11-24-17-8-4-3-7-15(16)17/h3-8,10,13,16H,9,11-12H2,1-2H3,(H2,21,22,23). The molecule has 6 nitrogen and oxygen atoms in total. The molecule has 0 radical (unpaired) electrons. The van der Waals surface area contributed by atoms with Gasteiger partial charge in [-0.1, -0.05) is 24.3 Å². The van der Waals surface area contributed by atoms with Crippen molar-refractivity contribution in [1.29, 1.82) is 0 Å². The van der Waals surface area contributed by atoms with E-state index in [9.17, 15) is 4.79 Å². The Labute approximate surface area is 147 Å². The number of urea groups is 1. The highest BCUT2D eigenvalue weighted by atomic mass is 16.5. The highest BCUT2D eigenvalue weighted by Gasteiger charge is 2.22. The van der Waals surface area contributed by atoms with E-state index >= 15 is 0 Å². The lowest BCUT2D eigenvalue weighted by Gasteiger charge is -2.26. The van der Waals surface area contributed by atoms with Crippen LogP contribution in [0.4, 0.5) is 4.79 Å².